The number of ketones is 1. The molecule has 2 spiro atoms. The molecule has 3 saturated carbocycles. The molecular weight excluding hydrogens is 306 g/mol. The number of aromatic hydroxyl groups is 1. The number of ether oxygens (including phenoxy) is 1. The van der Waals surface area contributed by atoms with Crippen LogP contribution < -0.4 is 4.74 Å². The number of rotatable bonds is 2. The third-order valence-corrected chi connectivity index (χ3v) is 7.91. The average molecular weight is 325 g/mol. The number of phenolic OH excluding ortho intramolecular Hbond substituents is 1. The fourth-order valence-corrected chi connectivity index (χ4v) is 6.92. The van der Waals surface area contributed by atoms with Gasteiger partial charge in [0.1, 0.15) is 0 Å². The summed E-state index contributed by atoms with van der Waals surface area (Å²) in [6.45, 7) is 1.05. The van der Waals surface area contributed by atoms with Gasteiger partial charge in [0.2, 0.25) is 0 Å². The Morgan fingerprint density at radius 2 is 2.17 bits per heavy atom. The minimum Gasteiger partial charge on any atom is -0.504 e. The average Bonchev–Trinajstić information content (AvgIpc) is 3.39. The molecule has 24 heavy (non-hydrogen) atoms. The molecule has 1 aromatic rings. The summed E-state index contributed by atoms with van der Waals surface area (Å²) >= 11 is 0. The maximum atomic E-state index is 12.6. The minimum atomic E-state index is -0.896. The number of benzene rings is 1. The van der Waals surface area contributed by atoms with Crippen molar-refractivity contribution < 1.29 is 19.7 Å². The number of nitrogens with zero attached hydrogens (tertiary/aromatic N) is 1. The van der Waals surface area contributed by atoms with E-state index in [1.165, 1.54) is 18.4 Å². The highest BCUT2D eigenvalue weighted by Gasteiger charge is 2.91. The van der Waals surface area contributed by atoms with Gasteiger partial charge in [0.15, 0.2) is 23.4 Å². The Labute approximate surface area is 139 Å². The van der Waals surface area contributed by atoms with Crippen LogP contribution in [-0.4, -0.2) is 45.2 Å². The first kappa shape index (κ1) is 12.7. The lowest BCUT2D eigenvalue weighted by atomic mass is 9.59. The Bertz CT molecular complexity index is 863. The van der Waals surface area contributed by atoms with Gasteiger partial charge in [-0.1, -0.05) is 6.07 Å². The van der Waals surface area contributed by atoms with Crippen LogP contribution in [0.1, 0.15) is 43.2 Å². The van der Waals surface area contributed by atoms with Gasteiger partial charge in [0.25, 0.3) is 0 Å². The summed E-state index contributed by atoms with van der Waals surface area (Å²) in [7, 11) is 0. The first-order chi connectivity index (χ1) is 11.5. The van der Waals surface area contributed by atoms with Crippen LogP contribution in [0, 0.1) is 5.92 Å². The number of hydrogen-bond acceptors (Lipinski definition) is 5. The molecule has 6 aliphatic rings. The lowest BCUT2D eigenvalue weighted by molar-refractivity contribution is -0.148. The van der Waals surface area contributed by atoms with E-state index in [0.717, 1.165) is 24.4 Å². The number of hydrogen-bond donors (Lipinski definition) is 2. The zero-order chi connectivity index (χ0) is 16.1. The standard InChI is InChI=1S/C19H19NO4/c21-11-4-3-10-13-14(11)24-15-12(22)5-6-19(23)16-18(10,8-17(13,15)19)20(16)7-9-1-2-9/h3-4,9,15-16,21,23H,1-2,5-8H2/t15?,16-,17+,18?,19-,20?/m0/s1. The van der Waals surface area contributed by atoms with Crippen molar-refractivity contribution in [1.29, 1.82) is 0 Å². The topological polar surface area (TPSA) is 69.8 Å². The Balaban J connectivity index is 1.53. The predicted molar refractivity (Wildman–Crippen MR) is 82.9 cm³/mol. The van der Waals surface area contributed by atoms with Crippen LogP contribution in [0.15, 0.2) is 12.1 Å². The van der Waals surface area contributed by atoms with Crippen LogP contribution in [-0.2, 0) is 15.7 Å². The number of fused-ring (bicyclic) bond motifs is 1. The fraction of sp³-hybridized carbons (Fsp3) is 0.632. The van der Waals surface area contributed by atoms with E-state index in [2.05, 4.69) is 4.90 Å². The SMILES string of the molecule is O=C1CC[C@]2(O)[C@H]3N(CC4CC4)C34C[C@]23c2c4ccc(O)c2OC13. The Morgan fingerprint density at radius 1 is 1.33 bits per heavy atom. The van der Waals surface area contributed by atoms with E-state index >= 15 is 0 Å². The molecule has 0 radical (unpaired) electrons. The van der Waals surface area contributed by atoms with Gasteiger partial charge >= 0.3 is 0 Å². The van der Waals surface area contributed by atoms with Gasteiger partial charge in [-0.2, -0.15) is 0 Å². The van der Waals surface area contributed by atoms with E-state index in [1.807, 2.05) is 6.07 Å². The molecule has 1 saturated heterocycles. The van der Waals surface area contributed by atoms with Crippen LogP contribution in [0.2, 0.25) is 0 Å². The van der Waals surface area contributed by atoms with E-state index in [4.69, 9.17) is 4.74 Å². The highest BCUT2D eigenvalue weighted by molar-refractivity contribution is 5.92. The summed E-state index contributed by atoms with van der Waals surface area (Å²) < 4.78 is 5.97. The molecule has 0 amide bonds. The van der Waals surface area contributed by atoms with E-state index in [9.17, 15) is 15.0 Å². The lowest BCUT2D eigenvalue weighted by Gasteiger charge is -2.47. The van der Waals surface area contributed by atoms with Gasteiger partial charge in [-0.05, 0) is 43.2 Å². The highest BCUT2D eigenvalue weighted by Crippen LogP contribution is 2.82. The molecule has 5 nitrogen and oxygen atoms in total. The Kier molecular flexibility index (Phi) is 1.72. The largest absolute Gasteiger partial charge is 0.504 e. The van der Waals surface area contributed by atoms with Crippen molar-refractivity contribution in [1.82, 2.24) is 4.90 Å². The first-order valence-electron chi connectivity index (χ1n) is 9.09. The molecule has 7 rings (SSSR count). The molecule has 2 N–H and O–H groups in total. The molecule has 0 aromatic heterocycles. The molecular formula is C19H19NO4. The predicted octanol–water partition coefficient (Wildman–Crippen LogP) is 1.19. The van der Waals surface area contributed by atoms with Crippen molar-refractivity contribution in [2.24, 2.45) is 5.92 Å². The number of carbonyl (C=O) groups excluding carboxylic acids is 1. The minimum absolute atomic E-state index is 0.0771. The molecule has 2 heterocycles. The summed E-state index contributed by atoms with van der Waals surface area (Å²) in [6.07, 6.45) is 3.63. The molecule has 5 heteroatoms. The van der Waals surface area contributed by atoms with Crippen molar-refractivity contribution in [2.75, 3.05) is 6.54 Å². The molecule has 6 atom stereocenters. The number of aliphatic hydroxyl groups is 1. The third-order valence-electron chi connectivity index (χ3n) is 7.91. The van der Waals surface area contributed by atoms with Crippen LogP contribution in [0.4, 0.5) is 0 Å². The zero-order valence-electron chi connectivity index (χ0n) is 13.3. The number of likely N-dealkylation sites (tertiary alicyclic amines) is 1. The second kappa shape index (κ2) is 3.25. The van der Waals surface area contributed by atoms with E-state index < -0.39 is 17.1 Å². The van der Waals surface area contributed by atoms with Crippen LogP contribution in [0.5, 0.6) is 11.5 Å². The zero-order valence-corrected chi connectivity index (χ0v) is 13.3. The first-order valence-corrected chi connectivity index (χ1v) is 9.09. The molecule has 1 aromatic carbocycles. The number of carbonyl (C=O) groups is 1. The number of piperidine rings is 1. The van der Waals surface area contributed by atoms with E-state index in [0.29, 0.717) is 18.6 Å². The van der Waals surface area contributed by atoms with Crippen molar-refractivity contribution in [3.63, 3.8) is 0 Å². The smallest absolute Gasteiger partial charge is 0.174 e. The molecule has 124 valence electrons. The molecule has 4 fully saturated rings. The monoisotopic (exact) mass is 325 g/mol. The highest BCUT2D eigenvalue weighted by atomic mass is 16.5. The number of Topliss-reactive ketones (excluding diaryl/α,β-unsaturated/α-hetero) is 1. The van der Waals surface area contributed by atoms with Gasteiger partial charge in [-0.3, -0.25) is 9.69 Å². The quantitative estimate of drug-likeness (QED) is 0.800. The van der Waals surface area contributed by atoms with Gasteiger partial charge < -0.3 is 14.9 Å². The Morgan fingerprint density at radius 3 is 2.96 bits per heavy atom. The van der Waals surface area contributed by atoms with Crippen molar-refractivity contribution >= 4 is 5.78 Å². The van der Waals surface area contributed by atoms with Crippen molar-refractivity contribution in [3.8, 4) is 11.5 Å². The van der Waals surface area contributed by atoms with Gasteiger partial charge in [-0.25, -0.2) is 0 Å². The van der Waals surface area contributed by atoms with E-state index in [1.54, 1.807) is 6.07 Å². The van der Waals surface area contributed by atoms with Crippen LogP contribution in [0.3, 0.4) is 0 Å². The van der Waals surface area contributed by atoms with Crippen molar-refractivity contribution in [2.45, 2.75) is 60.8 Å². The third kappa shape index (κ3) is 0.962. The normalized spacial score (nSPS) is 51.4. The lowest BCUT2D eigenvalue weighted by Crippen LogP contribution is -2.64. The maximum Gasteiger partial charge on any atom is 0.174 e. The second-order valence-electron chi connectivity index (χ2n) is 8.80. The molecule has 2 aliphatic heterocycles. The van der Waals surface area contributed by atoms with Crippen LogP contribution in [0.25, 0.3) is 0 Å². The summed E-state index contributed by atoms with van der Waals surface area (Å²) in [5, 5.41) is 22.1. The number of phenols is 1. The second-order valence-corrected chi connectivity index (χ2v) is 8.80. The maximum absolute atomic E-state index is 12.6. The summed E-state index contributed by atoms with van der Waals surface area (Å²) in [5.74, 6) is 1.40. The van der Waals surface area contributed by atoms with Gasteiger partial charge in [-0.15, -0.1) is 0 Å². The molecule has 4 aliphatic carbocycles. The van der Waals surface area contributed by atoms with Crippen LogP contribution >= 0.6 is 0 Å². The molecule has 2 bridgehead atoms. The van der Waals surface area contributed by atoms with Gasteiger partial charge in [0.05, 0.1) is 22.6 Å². The van der Waals surface area contributed by atoms with Crippen molar-refractivity contribution in [3.05, 3.63) is 23.3 Å². The Hall–Kier alpha value is -1.59. The fourth-order valence-electron chi connectivity index (χ4n) is 6.92. The summed E-state index contributed by atoms with van der Waals surface area (Å²) in [4.78, 5) is 15.1. The van der Waals surface area contributed by atoms with E-state index in [-0.39, 0.29) is 23.1 Å². The summed E-state index contributed by atoms with van der Waals surface area (Å²) in [5.41, 5.74) is 0.491. The van der Waals surface area contributed by atoms with Gasteiger partial charge in [0, 0.05) is 18.5 Å². The molecule has 3 unspecified atom stereocenters. The summed E-state index contributed by atoms with van der Waals surface area (Å²) in [6, 6.07) is 3.83.